The van der Waals surface area contributed by atoms with Gasteiger partial charge in [-0.25, -0.2) is 4.98 Å². The highest BCUT2D eigenvalue weighted by Gasteiger charge is 2.26. The fourth-order valence-corrected chi connectivity index (χ4v) is 5.07. The molecule has 1 fully saturated rings. The first-order valence-corrected chi connectivity index (χ1v) is 11.8. The van der Waals surface area contributed by atoms with Crippen molar-refractivity contribution in [3.8, 4) is 22.8 Å². The van der Waals surface area contributed by atoms with Crippen LogP contribution in [0.5, 0.6) is 11.5 Å². The molecule has 5 rings (SSSR count). The molecular formula is C27H31N5O2. The van der Waals surface area contributed by atoms with Crippen molar-refractivity contribution in [3.05, 3.63) is 48.4 Å². The van der Waals surface area contributed by atoms with Crippen molar-refractivity contribution in [3.63, 3.8) is 0 Å². The predicted molar refractivity (Wildman–Crippen MR) is 136 cm³/mol. The highest BCUT2D eigenvalue weighted by Crippen LogP contribution is 2.37. The quantitative estimate of drug-likeness (QED) is 0.390. The van der Waals surface area contributed by atoms with Crippen LogP contribution < -0.4 is 20.9 Å². The highest BCUT2D eigenvalue weighted by molar-refractivity contribution is 6.10. The summed E-state index contributed by atoms with van der Waals surface area (Å²) in [6.45, 7) is 0. The minimum Gasteiger partial charge on any atom is -0.493 e. The van der Waals surface area contributed by atoms with Crippen molar-refractivity contribution in [1.82, 2.24) is 15.0 Å². The van der Waals surface area contributed by atoms with E-state index in [0.29, 0.717) is 17.3 Å². The number of rotatable bonds is 6. The maximum absolute atomic E-state index is 6.66. The molecule has 4 aromatic rings. The van der Waals surface area contributed by atoms with E-state index in [9.17, 15) is 0 Å². The van der Waals surface area contributed by atoms with E-state index in [1.165, 1.54) is 24.8 Å². The Labute approximate surface area is 199 Å². The van der Waals surface area contributed by atoms with E-state index >= 15 is 0 Å². The van der Waals surface area contributed by atoms with Crippen LogP contribution in [-0.4, -0.2) is 34.7 Å². The molecule has 1 aliphatic carbocycles. The van der Waals surface area contributed by atoms with Crippen LogP contribution in [0.1, 0.15) is 44.1 Å². The molecule has 1 saturated carbocycles. The van der Waals surface area contributed by atoms with Gasteiger partial charge in [-0.05, 0) is 54.8 Å². The van der Waals surface area contributed by atoms with E-state index < -0.39 is 0 Å². The number of nitrogens with two attached hydrogens (primary N) is 2. The zero-order valence-corrected chi connectivity index (χ0v) is 19.8. The van der Waals surface area contributed by atoms with Gasteiger partial charge in [-0.15, -0.1) is 0 Å². The summed E-state index contributed by atoms with van der Waals surface area (Å²) in [4.78, 5) is 13.7. The van der Waals surface area contributed by atoms with Gasteiger partial charge in [-0.1, -0.05) is 19.3 Å². The number of fused-ring (bicyclic) bond motifs is 3. The molecule has 4 N–H and O–H groups in total. The Morgan fingerprint density at radius 1 is 0.882 bits per heavy atom. The lowest BCUT2D eigenvalue weighted by Gasteiger charge is -2.33. The Hall–Kier alpha value is -3.45. The van der Waals surface area contributed by atoms with Gasteiger partial charge in [-0.2, -0.15) is 0 Å². The smallest absolute Gasteiger partial charge is 0.162 e. The Morgan fingerprint density at radius 3 is 2.41 bits per heavy atom. The van der Waals surface area contributed by atoms with Crippen LogP contribution in [-0.2, 0) is 6.42 Å². The van der Waals surface area contributed by atoms with E-state index in [2.05, 4.69) is 21.0 Å². The second-order valence-corrected chi connectivity index (χ2v) is 9.34. The summed E-state index contributed by atoms with van der Waals surface area (Å²) in [7, 11) is 3.24. The number of aryl methyl sites for hydroxylation is 1. The molecule has 0 amide bonds. The van der Waals surface area contributed by atoms with Gasteiger partial charge < -0.3 is 20.9 Å². The fourth-order valence-electron chi connectivity index (χ4n) is 5.07. The molecule has 0 aliphatic heterocycles. The third kappa shape index (κ3) is 4.23. The Kier molecular flexibility index (Phi) is 5.96. The molecule has 0 unspecified atom stereocenters. The molecule has 1 aromatic carbocycles. The molecule has 34 heavy (non-hydrogen) atoms. The van der Waals surface area contributed by atoms with Gasteiger partial charge in [0.1, 0.15) is 5.82 Å². The summed E-state index contributed by atoms with van der Waals surface area (Å²) < 4.78 is 11.0. The number of hydrogen-bond donors (Lipinski definition) is 2. The van der Waals surface area contributed by atoms with Gasteiger partial charge in [0.2, 0.25) is 0 Å². The van der Waals surface area contributed by atoms with Gasteiger partial charge in [0.05, 0.1) is 25.4 Å². The number of nitrogen functional groups attached to an aromatic ring is 1. The van der Waals surface area contributed by atoms with E-state index in [0.717, 1.165) is 58.6 Å². The maximum atomic E-state index is 6.66. The average Bonchev–Trinajstić information content (AvgIpc) is 2.87. The summed E-state index contributed by atoms with van der Waals surface area (Å²) in [6.07, 6.45) is 13.4. The van der Waals surface area contributed by atoms with Crippen molar-refractivity contribution in [2.45, 2.75) is 50.5 Å². The lowest BCUT2D eigenvalue weighted by Crippen LogP contribution is -2.42. The standard InChI is InChI=1S/C27H31N5O2/c1-33-24-12-20-19-11-22(32-26(28)21(19)16-31-23(20)13-25(24)34-2)18-10-17(14-30-15-18)6-9-27(29)7-4-3-5-8-27/h10-16H,3-9,29H2,1-2H3,(H2,28,32). The third-order valence-electron chi connectivity index (χ3n) is 7.06. The van der Waals surface area contributed by atoms with Gasteiger partial charge in [0, 0.05) is 46.5 Å². The van der Waals surface area contributed by atoms with Crippen molar-refractivity contribution in [2.24, 2.45) is 5.73 Å². The van der Waals surface area contributed by atoms with E-state index in [1.807, 2.05) is 30.6 Å². The highest BCUT2D eigenvalue weighted by atomic mass is 16.5. The first-order chi connectivity index (χ1) is 16.5. The number of benzene rings is 1. The molecule has 0 spiro atoms. The fraction of sp³-hybridized carbons (Fsp3) is 0.370. The largest absolute Gasteiger partial charge is 0.493 e. The second-order valence-electron chi connectivity index (χ2n) is 9.34. The molecule has 3 aromatic heterocycles. The van der Waals surface area contributed by atoms with Gasteiger partial charge >= 0.3 is 0 Å². The van der Waals surface area contributed by atoms with Gasteiger partial charge in [0.15, 0.2) is 11.5 Å². The number of hydrogen-bond acceptors (Lipinski definition) is 7. The number of ether oxygens (including phenoxy) is 2. The topological polar surface area (TPSA) is 109 Å². The molecule has 7 heteroatoms. The maximum Gasteiger partial charge on any atom is 0.162 e. The van der Waals surface area contributed by atoms with Crippen molar-refractivity contribution in [1.29, 1.82) is 0 Å². The minimum absolute atomic E-state index is 0.0497. The molecule has 0 radical (unpaired) electrons. The van der Waals surface area contributed by atoms with E-state index in [4.69, 9.17) is 20.9 Å². The Balaban J connectivity index is 1.53. The monoisotopic (exact) mass is 457 g/mol. The van der Waals surface area contributed by atoms with E-state index in [1.54, 1.807) is 20.4 Å². The Bertz CT molecular complexity index is 1350. The second kappa shape index (κ2) is 9.06. The third-order valence-corrected chi connectivity index (χ3v) is 7.06. The SMILES string of the molecule is COc1cc2ncc3c(N)nc(-c4cncc(CCC5(N)CCCCC5)c4)cc3c2cc1OC. The molecule has 0 bridgehead atoms. The lowest BCUT2D eigenvalue weighted by molar-refractivity contribution is 0.278. The average molecular weight is 458 g/mol. The molecule has 0 atom stereocenters. The molecule has 176 valence electrons. The first-order valence-electron chi connectivity index (χ1n) is 11.8. The van der Waals surface area contributed by atoms with E-state index in [-0.39, 0.29) is 5.54 Å². The summed E-state index contributed by atoms with van der Waals surface area (Å²) in [5.41, 5.74) is 16.7. The van der Waals surface area contributed by atoms with Crippen LogP contribution in [0.15, 0.2) is 42.9 Å². The zero-order chi connectivity index (χ0) is 23.7. The molecule has 1 aliphatic rings. The Morgan fingerprint density at radius 2 is 1.65 bits per heavy atom. The van der Waals surface area contributed by atoms with Crippen LogP contribution in [0.2, 0.25) is 0 Å². The number of aromatic nitrogens is 3. The summed E-state index contributed by atoms with van der Waals surface area (Å²) in [6, 6.07) is 8.01. The summed E-state index contributed by atoms with van der Waals surface area (Å²) >= 11 is 0. The number of methoxy groups -OCH3 is 2. The van der Waals surface area contributed by atoms with Gasteiger partial charge in [-0.3, -0.25) is 9.97 Å². The van der Waals surface area contributed by atoms with Gasteiger partial charge in [0.25, 0.3) is 0 Å². The molecule has 3 heterocycles. The normalized spacial score (nSPS) is 15.5. The van der Waals surface area contributed by atoms with Crippen LogP contribution in [0, 0.1) is 0 Å². The van der Waals surface area contributed by atoms with Crippen molar-refractivity contribution < 1.29 is 9.47 Å². The first kappa shape index (κ1) is 22.3. The van der Waals surface area contributed by atoms with Crippen LogP contribution in [0.25, 0.3) is 32.9 Å². The van der Waals surface area contributed by atoms with Crippen LogP contribution in [0.3, 0.4) is 0 Å². The van der Waals surface area contributed by atoms with Crippen LogP contribution in [0.4, 0.5) is 5.82 Å². The number of pyridine rings is 3. The molecule has 7 nitrogen and oxygen atoms in total. The molecule has 0 saturated heterocycles. The number of nitrogens with zero attached hydrogens (tertiary/aromatic N) is 3. The summed E-state index contributed by atoms with van der Waals surface area (Å²) in [5.74, 6) is 1.71. The lowest BCUT2D eigenvalue weighted by atomic mass is 9.79. The molecular weight excluding hydrogens is 426 g/mol. The zero-order valence-electron chi connectivity index (χ0n) is 19.8. The van der Waals surface area contributed by atoms with Crippen LogP contribution >= 0.6 is 0 Å². The number of anilines is 1. The minimum atomic E-state index is -0.0497. The van der Waals surface area contributed by atoms with Crippen molar-refractivity contribution >= 4 is 27.5 Å². The predicted octanol–water partition coefficient (Wildman–Crippen LogP) is 5.04. The summed E-state index contributed by atoms with van der Waals surface area (Å²) in [5, 5.41) is 2.69. The van der Waals surface area contributed by atoms with Crippen molar-refractivity contribution in [2.75, 3.05) is 20.0 Å².